The number of carbonyl (C=O) groups is 2. The van der Waals surface area contributed by atoms with E-state index in [-0.39, 0.29) is 17.4 Å². The van der Waals surface area contributed by atoms with Crippen LogP contribution in [0.25, 0.3) is 22.3 Å². The van der Waals surface area contributed by atoms with Gasteiger partial charge < -0.3 is 25.3 Å². The molecule has 9 nitrogen and oxygen atoms in total. The maximum Gasteiger partial charge on any atom is 0.254 e. The van der Waals surface area contributed by atoms with Crippen molar-refractivity contribution in [3.8, 4) is 17.1 Å². The molecule has 0 fully saturated rings. The standard InChI is InChI=1S/C28H31N5O4/c1-5-12-37-25-11-10-20(14-22(25)26-30-17(3)16(2)27(35)33-26)32-28(36)24(31-18(4)34)13-19-15-29-23-9-7-6-8-21(19)23/h6-11,14-15,24,29H,5,12-13H2,1-4H3,(H,31,34)(H,32,36)(H,30,33,35). The first-order valence-corrected chi connectivity index (χ1v) is 12.2. The number of H-pyrrole nitrogens is 2. The van der Waals surface area contributed by atoms with Crippen molar-refractivity contribution in [3.05, 3.63) is 75.8 Å². The average molecular weight is 502 g/mol. The predicted octanol–water partition coefficient (Wildman–Crippen LogP) is 4.01. The Morgan fingerprint density at radius 2 is 1.92 bits per heavy atom. The number of nitrogens with one attached hydrogen (secondary N) is 4. The number of benzene rings is 2. The van der Waals surface area contributed by atoms with Crippen molar-refractivity contribution in [2.24, 2.45) is 0 Å². The maximum absolute atomic E-state index is 13.3. The molecule has 4 rings (SSSR count). The number of nitrogens with zero attached hydrogens (tertiary/aromatic N) is 1. The smallest absolute Gasteiger partial charge is 0.254 e. The minimum Gasteiger partial charge on any atom is -0.493 e. The summed E-state index contributed by atoms with van der Waals surface area (Å²) in [7, 11) is 0. The third-order valence-electron chi connectivity index (χ3n) is 6.15. The van der Waals surface area contributed by atoms with Gasteiger partial charge in [-0.05, 0) is 50.1 Å². The van der Waals surface area contributed by atoms with Crippen molar-refractivity contribution in [2.45, 2.75) is 46.6 Å². The number of rotatable bonds is 9. The van der Waals surface area contributed by atoms with Crippen LogP contribution in [0.1, 0.15) is 37.1 Å². The summed E-state index contributed by atoms with van der Waals surface area (Å²) in [6.07, 6.45) is 2.97. The van der Waals surface area contributed by atoms with E-state index in [9.17, 15) is 14.4 Å². The third-order valence-corrected chi connectivity index (χ3v) is 6.15. The summed E-state index contributed by atoms with van der Waals surface area (Å²) in [5.41, 5.74) is 3.84. The molecule has 37 heavy (non-hydrogen) atoms. The molecule has 2 amide bonds. The van der Waals surface area contributed by atoms with Crippen LogP contribution in [0.2, 0.25) is 0 Å². The zero-order valence-electron chi connectivity index (χ0n) is 21.4. The molecule has 4 N–H and O–H groups in total. The zero-order chi connectivity index (χ0) is 26.5. The summed E-state index contributed by atoms with van der Waals surface area (Å²) < 4.78 is 5.89. The van der Waals surface area contributed by atoms with Crippen molar-refractivity contribution >= 4 is 28.4 Å². The number of hydrogen-bond acceptors (Lipinski definition) is 5. The molecule has 0 aliphatic heterocycles. The number of ether oxygens (including phenoxy) is 1. The molecule has 192 valence electrons. The number of aryl methyl sites for hydroxylation is 1. The number of anilines is 1. The Morgan fingerprint density at radius 3 is 2.65 bits per heavy atom. The minimum atomic E-state index is -0.796. The quantitative estimate of drug-likeness (QED) is 0.275. The highest BCUT2D eigenvalue weighted by Gasteiger charge is 2.22. The summed E-state index contributed by atoms with van der Waals surface area (Å²) in [5.74, 6) is 0.229. The molecular formula is C28H31N5O4. The molecule has 0 bridgehead atoms. The lowest BCUT2D eigenvalue weighted by molar-refractivity contribution is -0.125. The number of aromatic nitrogens is 3. The normalized spacial score (nSPS) is 11.8. The van der Waals surface area contributed by atoms with Crippen LogP contribution in [0.4, 0.5) is 5.69 Å². The van der Waals surface area contributed by atoms with E-state index in [0.29, 0.717) is 47.1 Å². The van der Waals surface area contributed by atoms with Gasteiger partial charge in [0.2, 0.25) is 11.8 Å². The van der Waals surface area contributed by atoms with E-state index in [4.69, 9.17) is 4.74 Å². The van der Waals surface area contributed by atoms with Crippen LogP contribution in [0, 0.1) is 13.8 Å². The first-order chi connectivity index (χ1) is 17.8. The Kier molecular flexibility index (Phi) is 7.71. The van der Waals surface area contributed by atoms with Gasteiger partial charge in [-0.15, -0.1) is 0 Å². The van der Waals surface area contributed by atoms with E-state index in [1.165, 1.54) is 6.92 Å². The Morgan fingerprint density at radius 1 is 1.14 bits per heavy atom. The largest absolute Gasteiger partial charge is 0.493 e. The average Bonchev–Trinajstić information content (AvgIpc) is 3.28. The van der Waals surface area contributed by atoms with Crippen molar-refractivity contribution in [2.75, 3.05) is 11.9 Å². The second-order valence-electron chi connectivity index (χ2n) is 8.99. The number of hydrogen-bond donors (Lipinski definition) is 4. The van der Waals surface area contributed by atoms with E-state index in [1.54, 1.807) is 32.0 Å². The molecule has 4 aromatic rings. The molecule has 0 aliphatic rings. The van der Waals surface area contributed by atoms with Crippen LogP contribution >= 0.6 is 0 Å². The van der Waals surface area contributed by atoms with Crippen molar-refractivity contribution in [3.63, 3.8) is 0 Å². The summed E-state index contributed by atoms with van der Waals surface area (Å²) in [5, 5.41) is 6.66. The van der Waals surface area contributed by atoms with Gasteiger partial charge in [-0.3, -0.25) is 14.4 Å². The highest BCUT2D eigenvalue weighted by molar-refractivity contribution is 5.98. The first-order valence-electron chi connectivity index (χ1n) is 12.2. The Hall–Kier alpha value is -4.40. The summed E-state index contributed by atoms with van der Waals surface area (Å²) in [6, 6.07) is 12.2. The summed E-state index contributed by atoms with van der Waals surface area (Å²) >= 11 is 0. The molecule has 2 heterocycles. The van der Waals surface area contributed by atoms with Crippen LogP contribution in [0.3, 0.4) is 0 Å². The lowest BCUT2D eigenvalue weighted by Gasteiger charge is -2.19. The zero-order valence-corrected chi connectivity index (χ0v) is 21.4. The van der Waals surface area contributed by atoms with Gasteiger partial charge in [-0.2, -0.15) is 0 Å². The van der Waals surface area contributed by atoms with Crippen molar-refractivity contribution in [1.29, 1.82) is 0 Å². The lowest BCUT2D eigenvalue weighted by atomic mass is 10.0. The molecule has 2 aromatic heterocycles. The molecule has 1 unspecified atom stereocenters. The number of aromatic amines is 2. The van der Waals surface area contributed by atoms with Crippen molar-refractivity contribution in [1.82, 2.24) is 20.3 Å². The highest BCUT2D eigenvalue weighted by atomic mass is 16.5. The highest BCUT2D eigenvalue weighted by Crippen LogP contribution is 2.31. The van der Waals surface area contributed by atoms with Crippen molar-refractivity contribution < 1.29 is 14.3 Å². The maximum atomic E-state index is 13.3. The molecular weight excluding hydrogens is 470 g/mol. The molecule has 0 radical (unpaired) electrons. The predicted molar refractivity (Wildman–Crippen MR) is 144 cm³/mol. The topological polar surface area (TPSA) is 129 Å². The number of para-hydroxylation sites is 1. The second kappa shape index (κ2) is 11.1. The number of amides is 2. The minimum absolute atomic E-state index is 0.233. The molecule has 0 saturated carbocycles. The Balaban J connectivity index is 1.64. The van der Waals surface area contributed by atoms with Crippen LogP contribution in [0.15, 0.2) is 53.5 Å². The van der Waals surface area contributed by atoms with Crippen LogP contribution in [-0.4, -0.2) is 39.4 Å². The first kappa shape index (κ1) is 25.7. The van der Waals surface area contributed by atoms with E-state index < -0.39 is 6.04 Å². The Bertz CT molecular complexity index is 1500. The lowest BCUT2D eigenvalue weighted by Crippen LogP contribution is -2.44. The third kappa shape index (κ3) is 5.88. The monoisotopic (exact) mass is 501 g/mol. The molecule has 0 spiro atoms. The van der Waals surface area contributed by atoms with Crippen LogP contribution < -0.4 is 20.9 Å². The number of fused-ring (bicyclic) bond motifs is 1. The summed E-state index contributed by atoms with van der Waals surface area (Å²) in [4.78, 5) is 48.2. The molecule has 0 aliphatic carbocycles. The van der Waals surface area contributed by atoms with E-state index in [0.717, 1.165) is 22.9 Å². The molecule has 0 saturated heterocycles. The van der Waals surface area contributed by atoms with E-state index in [1.807, 2.05) is 37.4 Å². The van der Waals surface area contributed by atoms with Gasteiger partial charge in [0.1, 0.15) is 17.6 Å². The molecule has 2 aromatic carbocycles. The van der Waals surface area contributed by atoms with Gasteiger partial charge in [0.05, 0.1) is 12.2 Å². The second-order valence-corrected chi connectivity index (χ2v) is 8.99. The molecule has 9 heteroatoms. The van der Waals surface area contributed by atoms with Gasteiger partial charge >= 0.3 is 0 Å². The van der Waals surface area contributed by atoms with Gasteiger partial charge in [0.25, 0.3) is 5.56 Å². The van der Waals surface area contributed by atoms with Crippen LogP contribution in [-0.2, 0) is 16.0 Å². The van der Waals surface area contributed by atoms with Crippen LogP contribution in [0.5, 0.6) is 5.75 Å². The fourth-order valence-corrected chi connectivity index (χ4v) is 4.11. The SMILES string of the molecule is CCCOc1ccc(NC(=O)C(Cc2c[nH]c3ccccc23)NC(C)=O)cc1-c1nc(C)c(C)c(=O)[nH]1. The van der Waals surface area contributed by atoms with Gasteiger partial charge in [0, 0.05) is 47.4 Å². The Labute approximate surface area is 214 Å². The fourth-order valence-electron chi connectivity index (χ4n) is 4.11. The number of carbonyl (C=O) groups excluding carboxylic acids is 2. The van der Waals surface area contributed by atoms with Gasteiger partial charge in [-0.25, -0.2) is 4.98 Å². The van der Waals surface area contributed by atoms with E-state index in [2.05, 4.69) is 25.6 Å². The summed E-state index contributed by atoms with van der Waals surface area (Å²) in [6.45, 7) is 7.36. The molecule has 1 atom stereocenters. The fraction of sp³-hybridized carbons (Fsp3) is 0.286. The van der Waals surface area contributed by atoms with E-state index >= 15 is 0 Å². The van der Waals surface area contributed by atoms with Gasteiger partial charge in [-0.1, -0.05) is 25.1 Å². The van der Waals surface area contributed by atoms with Gasteiger partial charge in [0.15, 0.2) is 0 Å².